The van der Waals surface area contributed by atoms with Crippen molar-refractivity contribution in [2.24, 2.45) is 5.73 Å². The molecule has 2 rings (SSSR count). The summed E-state index contributed by atoms with van der Waals surface area (Å²) in [6.45, 7) is 0.703. The number of rotatable bonds is 5. The maximum atomic E-state index is 5.81. The molecule has 84 valence electrons. The molecule has 3 heteroatoms. The van der Waals surface area contributed by atoms with E-state index in [-0.39, 0.29) is 0 Å². The van der Waals surface area contributed by atoms with Crippen molar-refractivity contribution in [2.75, 3.05) is 6.54 Å². The Bertz CT molecular complexity index is 397. The van der Waals surface area contributed by atoms with Crippen LogP contribution in [0.25, 0.3) is 0 Å². The molecular weight excluding hydrogens is 234 g/mol. The lowest BCUT2D eigenvalue weighted by molar-refractivity contribution is 0.945. The SMILES string of the molecule is NCC(SCc1ccccc1)c1ccsc1. The Balaban J connectivity index is 1.94. The summed E-state index contributed by atoms with van der Waals surface area (Å²) in [4.78, 5) is 0. The summed E-state index contributed by atoms with van der Waals surface area (Å²) in [6, 6.07) is 12.7. The Hall–Kier alpha value is -0.770. The first-order valence-electron chi connectivity index (χ1n) is 5.28. The van der Waals surface area contributed by atoms with E-state index in [1.165, 1.54) is 11.1 Å². The standard InChI is InChI=1S/C13H15NS2/c14-8-13(12-6-7-15-10-12)16-9-11-4-2-1-3-5-11/h1-7,10,13H,8-9,14H2. The van der Waals surface area contributed by atoms with Gasteiger partial charge in [0.05, 0.1) is 0 Å². The normalized spacial score (nSPS) is 12.6. The van der Waals surface area contributed by atoms with Gasteiger partial charge in [0.2, 0.25) is 0 Å². The summed E-state index contributed by atoms with van der Waals surface area (Å²) in [7, 11) is 0. The van der Waals surface area contributed by atoms with Crippen molar-refractivity contribution in [1.82, 2.24) is 0 Å². The zero-order valence-corrected chi connectivity index (χ0v) is 10.6. The molecule has 0 saturated heterocycles. The first-order valence-corrected chi connectivity index (χ1v) is 7.27. The van der Waals surface area contributed by atoms with E-state index in [2.05, 4.69) is 41.1 Å². The molecule has 0 saturated carbocycles. The molecule has 1 atom stereocenters. The zero-order chi connectivity index (χ0) is 11.2. The topological polar surface area (TPSA) is 26.0 Å². The minimum absolute atomic E-state index is 0.423. The zero-order valence-electron chi connectivity index (χ0n) is 9.00. The van der Waals surface area contributed by atoms with E-state index in [1.54, 1.807) is 11.3 Å². The van der Waals surface area contributed by atoms with Crippen LogP contribution in [0, 0.1) is 0 Å². The Morgan fingerprint density at radius 2 is 2.00 bits per heavy atom. The second-order valence-corrected chi connectivity index (χ2v) is 5.55. The smallest absolute Gasteiger partial charge is 0.0431 e. The molecule has 0 aliphatic carbocycles. The Morgan fingerprint density at radius 1 is 1.19 bits per heavy atom. The third kappa shape index (κ3) is 3.11. The van der Waals surface area contributed by atoms with Crippen LogP contribution in [-0.2, 0) is 5.75 Å². The molecule has 1 heterocycles. The van der Waals surface area contributed by atoms with Crippen molar-refractivity contribution in [1.29, 1.82) is 0 Å². The van der Waals surface area contributed by atoms with Gasteiger partial charge in [-0.1, -0.05) is 30.3 Å². The van der Waals surface area contributed by atoms with Crippen molar-refractivity contribution in [3.05, 3.63) is 58.3 Å². The highest BCUT2D eigenvalue weighted by Crippen LogP contribution is 2.31. The predicted molar refractivity (Wildman–Crippen MR) is 73.9 cm³/mol. The van der Waals surface area contributed by atoms with Crippen molar-refractivity contribution in [3.63, 3.8) is 0 Å². The molecule has 0 fully saturated rings. The van der Waals surface area contributed by atoms with E-state index in [9.17, 15) is 0 Å². The number of thioether (sulfide) groups is 1. The Kier molecular flexibility index (Phi) is 4.45. The highest BCUT2D eigenvalue weighted by Gasteiger charge is 2.10. The average molecular weight is 249 g/mol. The fourth-order valence-electron chi connectivity index (χ4n) is 1.53. The molecule has 1 unspecified atom stereocenters. The number of hydrogen-bond donors (Lipinski definition) is 1. The predicted octanol–water partition coefficient (Wildman–Crippen LogP) is 3.68. The molecule has 1 nitrogen and oxygen atoms in total. The van der Waals surface area contributed by atoms with Crippen LogP contribution in [0.1, 0.15) is 16.4 Å². The summed E-state index contributed by atoms with van der Waals surface area (Å²) in [6.07, 6.45) is 0. The van der Waals surface area contributed by atoms with Crippen molar-refractivity contribution in [2.45, 2.75) is 11.0 Å². The average Bonchev–Trinajstić information content (AvgIpc) is 2.85. The number of hydrogen-bond acceptors (Lipinski definition) is 3. The van der Waals surface area contributed by atoms with Gasteiger partial charge < -0.3 is 5.73 Å². The summed E-state index contributed by atoms with van der Waals surface area (Å²) >= 11 is 3.65. The van der Waals surface area contributed by atoms with Crippen molar-refractivity contribution in [3.8, 4) is 0 Å². The van der Waals surface area contributed by atoms with Gasteiger partial charge in [-0.2, -0.15) is 11.3 Å². The van der Waals surface area contributed by atoms with E-state index in [4.69, 9.17) is 5.73 Å². The van der Waals surface area contributed by atoms with Crippen LogP contribution in [0.5, 0.6) is 0 Å². The summed E-state index contributed by atoms with van der Waals surface area (Å²) in [5.41, 5.74) is 8.53. The van der Waals surface area contributed by atoms with Crippen molar-refractivity contribution < 1.29 is 0 Å². The van der Waals surface area contributed by atoms with Crippen LogP contribution < -0.4 is 5.73 Å². The molecule has 0 amide bonds. The van der Waals surface area contributed by atoms with Gasteiger partial charge in [0.15, 0.2) is 0 Å². The first kappa shape index (κ1) is 11.7. The molecule has 16 heavy (non-hydrogen) atoms. The lowest BCUT2D eigenvalue weighted by Crippen LogP contribution is -2.08. The fourth-order valence-corrected chi connectivity index (χ4v) is 3.39. The molecule has 0 aliphatic heterocycles. The van der Waals surface area contributed by atoms with Gasteiger partial charge in [-0.25, -0.2) is 0 Å². The van der Waals surface area contributed by atoms with E-state index in [1.807, 2.05) is 17.8 Å². The summed E-state index contributed by atoms with van der Waals surface area (Å²) in [5.74, 6) is 1.03. The molecule has 0 radical (unpaired) electrons. The Morgan fingerprint density at radius 3 is 2.62 bits per heavy atom. The molecule has 2 aromatic rings. The molecule has 0 bridgehead atoms. The van der Waals surface area contributed by atoms with E-state index in [0.29, 0.717) is 11.8 Å². The van der Waals surface area contributed by atoms with Gasteiger partial charge in [0.25, 0.3) is 0 Å². The van der Waals surface area contributed by atoms with Gasteiger partial charge in [0.1, 0.15) is 0 Å². The minimum atomic E-state index is 0.423. The second-order valence-electron chi connectivity index (χ2n) is 3.58. The van der Waals surface area contributed by atoms with Gasteiger partial charge in [-0.15, -0.1) is 11.8 Å². The van der Waals surface area contributed by atoms with Gasteiger partial charge in [-0.3, -0.25) is 0 Å². The van der Waals surface area contributed by atoms with Crippen LogP contribution in [0.2, 0.25) is 0 Å². The number of thiophene rings is 1. The molecule has 2 N–H and O–H groups in total. The monoisotopic (exact) mass is 249 g/mol. The molecular formula is C13H15NS2. The third-order valence-electron chi connectivity index (χ3n) is 2.42. The maximum absolute atomic E-state index is 5.81. The van der Waals surface area contributed by atoms with Crippen LogP contribution in [0.4, 0.5) is 0 Å². The van der Waals surface area contributed by atoms with E-state index >= 15 is 0 Å². The number of nitrogens with two attached hydrogens (primary N) is 1. The number of benzene rings is 1. The van der Waals surface area contributed by atoms with Gasteiger partial charge in [0, 0.05) is 17.5 Å². The van der Waals surface area contributed by atoms with Gasteiger partial charge >= 0.3 is 0 Å². The van der Waals surface area contributed by atoms with E-state index < -0.39 is 0 Å². The van der Waals surface area contributed by atoms with Crippen LogP contribution in [-0.4, -0.2) is 6.54 Å². The van der Waals surface area contributed by atoms with Crippen LogP contribution >= 0.6 is 23.1 Å². The molecule has 1 aromatic carbocycles. The Labute approximate surface area is 105 Å². The lowest BCUT2D eigenvalue weighted by atomic mass is 10.2. The fraction of sp³-hybridized carbons (Fsp3) is 0.231. The van der Waals surface area contributed by atoms with Gasteiger partial charge in [-0.05, 0) is 28.0 Å². The second kappa shape index (κ2) is 6.09. The lowest BCUT2D eigenvalue weighted by Gasteiger charge is -2.12. The largest absolute Gasteiger partial charge is 0.329 e. The maximum Gasteiger partial charge on any atom is 0.0431 e. The van der Waals surface area contributed by atoms with Crippen LogP contribution in [0.15, 0.2) is 47.2 Å². The third-order valence-corrected chi connectivity index (χ3v) is 4.49. The molecule has 0 spiro atoms. The minimum Gasteiger partial charge on any atom is -0.329 e. The van der Waals surface area contributed by atoms with E-state index in [0.717, 1.165) is 5.75 Å². The molecule has 1 aromatic heterocycles. The molecule has 0 aliphatic rings. The summed E-state index contributed by atoms with van der Waals surface area (Å²) < 4.78 is 0. The summed E-state index contributed by atoms with van der Waals surface area (Å²) in [5, 5.41) is 4.72. The van der Waals surface area contributed by atoms with Crippen LogP contribution in [0.3, 0.4) is 0 Å². The quantitative estimate of drug-likeness (QED) is 0.874. The highest BCUT2D eigenvalue weighted by atomic mass is 32.2. The highest BCUT2D eigenvalue weighted by molar-refractivity contribution is 7.98. The first-order chi connectivity index (χ1) is 7.90. The van der Waals surface area contributed by atoms with Crippen molar-refractivity contribution >= 4 is 23.1 Å².